The van der Waals surface area contributed by atoms with Gasteiger partial charge in [0.25, 0.3) is 5.91 Å². The van der Waals surface area contributed by atoms with E-state index in [9.17, 15) is 22.8 Å². The fourth-order valence-corrected chi connectivity index (χ4v) is 2.65. The van der Waals surface area contributed by atoms with Gasteiger partial charge in [-0.2, -0.15) is 0 Å². The Morgan fingerprint density at radius 1 is 1.00 bits per heavy atom. The number of hydrogen-bond acceptors (Lipinski definition) is 4. The number of urea groups is 1. The fraction of sp³-hybridized carbons (Fsp3) is 0.294. The third kappa shape index (κ3) is 4.72. The van der Waals surface area contributed by atoms with Crippen molar-refractivity contribution in [1.29, 1.82) is 0 Å². The van der Waals surface area contributed by atoms with Crippen LogP contribution in [0.15, 0.2) is 47.1 Å². The highest BCUT2D eigenvalue weighted by Gasteiger charge is 2.32. The Balaban J connectivity index is 1.58. The van der Waals surface area contributed by atoms with Crippen LogP contribution in [0.2, 0.25) is 0 Å². The van der Waals surface area contributed by atoms with Gasteiger partial charge >= 0.3 is 12.4 Å². The van der Waals surface area contributed by atoms with Crippen molar-refractivity contribution in [3.05, 3.63) is 48.4 Å². The molecule has 0 radical (unpaired) electrons. The Hall–Kier alpha value is -3.17. The molecule has 0 bridgehead atoms. The molecule has 0 aliphatic carbocycles. The van der Waals surface area contributed by atoms with Gasteiger partial charge in [0, 0.05) is 26.2 Å². The Morgan fingerprint density at radius 3 is 2.30 bits per heavy atom. The summed E-state index contributed by atoms with van der Waals surface area (Å²) in [6.07, 6.45) is -3.46. The number of carbonyl (C=O) groups excluding carboxylic acids is 2. The van der Waals surface area contributed by atoms with Gasteiger partial charge in [-0.05, 0) is 24.3 Å². The summed E-state index contributed by atoms with van der Waals surface area (Å²) in [5, 5.41) is 2.41. The van der Waals surface area contributed by atoms with Crippen molar-refractivity contribution < 1.29 is 31.9 Å². The molecule has 0 saturated carbocycles. The van der Waals surface area contributed by atoms with Crippen LogP contribution in [0.1, 0.15) is 10.6 Å². The molecule has 3 rings (SSSR count). The van der Waals surface area contributed by atoms with Crippen LogP contribution in [0.5, 0.6) is 5.75 Å². The lowest BCUT2D eigenvalue weighted by Crippen LogP contribution is -2.51. The van der Waals surface area contributed by atoms with Crippen LogP contribution in [0, 0.1) is 0 Å². The van der Waals surface area contributed by atoms with Gasteiger partial charge in [0.15, 0.2) is 11.5 Å². The number of furan rings is 1. The van der Waals surface area contributed by atoms with Crippen LogP contribution < -0.4 is 10.1 Å². The molecule has 1 aliphatic rings. The Morgan fingerprint density at radius 2 is 1.67 bits per heavy atom. The largest absolute Gasteiger partial charge is 0.573 e. The molecule has 0 atom stereocenters. The second-order valence-electron chi connectivity index (χ2n) is 5.73. The number of para-hydroxylation sites is 2. The maximum atomic E-state index is 12.5. The van der Waals surface area contributed by atoms with E-state index in [0.717, 1.165) is 6.07 Å². The molecular formula is C17H16F3N3O4. The standard InChI is InChI=1S/C17H16F3N3O4/c18-17(19,20)27-13-5-2-1-4-12(13)21-16(25)23-9-7-22(8-10-23)15(24)14-6-3-11-26-14/h1-6,11H,7-10H2,(H,21,25). The lowest BCUT2D eigenvalue weighted by atomic mass is 10.2. The van der Waals surface area contributed by atoms with Gasteiger partial charge in [0.2, 0.25) is 0 Å². The van der Waals surface area contributed by atoms with E-state index in [2.05, 4.69) is 10.1 Å². The molecule has 2 aromatic rings. The van der Waals surface area contributed by atoms with Gasteiger partial charge in [0.1, 0.15) is 0 Å². The van der Waals surface area contributed by atoms with E-state index in [1.165, 1.54) is 29.4 Å². The lowest BCUT2D eigenvalue weighted by Gasteiger charge is -2.34. The average Bonchev–Trinajstić information content (AvgIpc) is 3.16. The monoisotopic (exact) mass is 383 g/mol. The summed E-state index contributed by atoms with van der Waals surface area (Å²) in [6.45, 7) is 1.04. The van der Waals surface area contributed by atoms with Crippen molar-refractivity contribution in [3.63, 3.8) is 0 Å². The number of carbonyl (C=O) groups is 2. The van der Waals surface area contributed by atoms with Crippen molar-refractivity contribution in [2.45, 2.75) is 6.36 Å². The summed E-state index contributed by atoms with van der Waals surface area (Å²) >= 11 is 0. The molecular weight excluding hydrogens is 367 g/mol. The normalized spacial score (nSPS) is 14.8. The number of amides is 3. The Bertz CT molecular complexity index is 800. The molecule has 1 N–H and O–H groups in total. The third-order valence-electron chi connectivity index (χ3n) is 3.94. The molecule has 27 heavy (non-hydrogen) atoms. The molecule has 1 aromatic heterocycles. The first kappa shape index (κ1) is 18.6. The van der Waals surface area contributed by atoms with E-state index in [-0.39, 0.29) is 43.5 Å². The maximum Gasteiger partial charge on any atom is 0.573 e. The summed E-state index contributed by atoms with van der Waals surface area (Å²) in [4.78, 5) is 27.5. The predicted molar refractivity (Wildman–Crippen MR) is 88.3 cm³/mol. The van der Waals surface area contributed by atoms with Crippen LogP contribution in [0.3, 0.4) is 0 Å². The van der Waals surface area contributed by atoms with Crippen molar-refractivity contribution >= 4 is 17.6 Å². The maximum absolute atomic E-state index is 12.5. The molecule has 7 nitrogen and oxygen atoms in total. The second-order valence-corrected chi connectivity index (χ2v) is 5.73. The van der Waals surface area contributed by atoms with E-state index < -0.39 is 18.1 Å². The number of hydrogen-bond donors (Lipinski definition) is 1. The molecule has 1 saturated heterocycles. The van der Waals surface area contributed by atoms with Gasteiger partial charge in [-0.15, -0.1) is 13.2 Å². The van der Waals surface area contributed by atoms with Gasteiger partial charge in [-0.25, -0.2) is 4.79 Å². The van der Waals surface area contributed by atoms with E-state index in [1.807, 2.05) is 0 Å². The van der Waals surface area contributed by atoms with Crippen molar-refractivity contribution in [1.82, 2.24) is 9.80 Å². The number of nitrogens with one attached hydrogen (secondary N) is 1. The summed E-state index contributed by atoms with van der Waals surface area (Å²) in [5.74, 6) is -0.555. The Labute approximate surface area is 152 Å². The molecule has 1 aliphatic heterocycles. The summed E-state index contributed by atoms with van der Waals surface area (Å²) < 4.78 is 46.4. The zero-order chi connectivity index (χ0) is 19.4. The number of benzene rings is 1. The van der Waals surface area contributed by atoms with Crippen LogP contribution in [-0.4, -0.2) is 54.3 Å². The van der Waals surface area contributed by atoms with E-state index in [0.29, 0.717) is 0 Å². The van der Waals surface area contributed by atoms with Crippen LogP contribution >= 0.6 is 0 Å². The van der Waals surface area contributed by atoms with E-state index >= 15 is 0 Å². The van der Waals surface area contributed by atoms with Crippen LogP contribution in [-0.2, 0) is 0 Å². The minimum Gasteiger partial charge on any atom is -0.459 e. The van der Waals surface area contributed by atoms with Crippen LogP contribution in [0.4, 0.5) is 23.7 Å². The number of piperazine rings is 1. The smallest absolute Gasteiger partial charge is 0.459 e. The molecule has 10 heteroatoms. The number of ether oxygens (including phenoxy) is 1. The minimum absolute atomic E-state index is 0.0890. The number of nitrogens with zero attached hydrogens (tertiary/aromatic N) is 2. The quantitative estimate of drug-likeness (QED) is 0.884. The lowest BCUT2D eigenvalue weighted by molar-refractivity contribution is -0.274. The summed E-state index contributed by atoms with van der Waals surface area (Å²) in [5.41, 5.74) is -0.0890. The topological polar surface area (TPSA) is 75.0 Å². The Kier molecular flexibility index (Phi) is 5.24. The minimum atomic E-state index is -4.86. The highest BCUT2D eigenvalue weighted by atomic mass is 19.4. The van der Waals surface area contributed by atoms with Gasteiger partial charge in [-0.1, -0.05) is 12.1 Å². The molecule has 1 fully saturated rings. The van der Waals surface area contributed by atoms with Gasteiger partial charge < -0.3 is 24.3 Å². The fourth-order valence-electron chi connectivity index (χ4n) is 2.65. The number of alkyl halides is 3. The van der Waals surface area contributed by atoms with E-state index in [4.69, 9.17) is 4.42 Å². The zero-order valence-electron chi connectivity index (χ0n) is 14.0. The second kappa shape index (κ2) is 7.60. The number of anilines is 1. The molecule has 3 amide bonds. The van der Waals surface area contributed by atoms with Crippen molar-refractivity contribution in [2.75, 3.05) is 31.5 Å². The van der Waals surface area contributed by atoms with Gasteiger partial charge in [0.05, 0.1) is 12.0 Å². The number of rotatable bonds is 3. The van der Waals surface area contributed by atoms with Crippen molar-refractivity contribution in [2.24, 2.45) is 0 Å². The van der Waals surface area contributed by atoms with Crippen molar-refractivity contribution in [3.8, 4) is 5.75 Å². The molecule has 0 spiro atoms. The van der Waals surface area contributed by atoms with Crippen LogP contribution in [0.25, 0.3) is 0 Å². The highest BCUT2D eigenvalue weighted by molar-refractivity contribution is 5.93. The number of halogens is 3. The average molecular weight is 383 g/mol. The zero-order valence-corrected chi connectivity index (χ0v) is 14.0. The molecule has 0 unspecified atom stereocenters. The molecule has 1 aromatic carbocycles. The first-order valence-electron chi connectivity index (χ1n) is 8.07. The SMILES string of the molecule is O=C(Nc1ccccc1OC(F)(F)F)N1CCN(C(=O)c2ccco2)CC1. The third-order valence-corrected chi connectivity index (χ3v) is 3.94. The molecule has 2 heterocycles. The van der Waals surface area contributed by atoms with Gasteiger partial charge in [-0.3, -0.25) is 4.79 Å². The van der Waals surface area contributed by atoms with E-state index in [1.54, 1.807) is 17.0 Å². The predicted octanol–water partition coefficient (Wildman–Crippen LogP) is 3.17. The first-order chi connectivity index (χ1) is 12.8. The first-order valence-corrected chi connectivity index (χ1v) is 8.07. The summed E-state index contributed by atoms with van der Waals surface area (Å²) in [6, 6.07) is 7.88. The highest BCUT2D eigenvalue weighted by Crippen LogP contribution is 2.30. The summed E-state index contributed by atoms with van der Waals surface area (Å²) in [7, 11) is 0. The molecule has 144 valence electrons.